The van der Waals surface area contributed by atoms with Gasteiger partial charge in [-0.25, -0.2) is 0 Å². The highest BCUT2D eigenvalue weighted by Gasteiger charge is 2.24. The molecule has 0 spiro atoms. The van der Waals surface area contributed by atoms with Crippen LogP contribution in [0.1, 0.15) is 27.2 Å². The molecule has 0 radical (unpaired) electrons. The van der Waals surface area contributed by atoms with Crippen molar-refractivity contribution in [2.45, 2.75) is 32.6 Å². The molecule has 0 amide bonds. The predicted molar refractivity (Wildman–Crippen MR) is 55.0 cm³/mol. The molecule has 0 aliphatic rings. The van der Waals surface area contributed by atoms with Crippen molar-refractivity contribution in [1.29, 1.82) is 0 Å². The summed E-state index contributed by atoms with van der Waals surface area (Å²) >= 11 is 5.76. The number of rotatable bonds is 5. The van der Waals surface area contributed by atoms with E-state index < -0.39 is 11.9 Å². The van der Waals surface area contributed by atoms with Crippen molar-refractivity contribution in [1.82, 2.24) is 0 Å². The van der Waals surface area contributed by atoms with E-state index in [0.717, 1.165) is 5.57 Å². The number of halogens is 1. The lowest BCUT2D eigenvalue weighted by atomic mass is 9.88. The Balaban J connectivity index is 4.43. The summed E-state index contributed by atoms with van der Waals surface area (Å²) in [6.07, 6.45) is 0.452. The molecule has 0 aliphatic carbocycles. The molecule has 0 aromatic heterocycles. The molecule has 1 N–H and O–H groups in total. The topological polar surface area (TPSA) is 37.3 Å². The Morgan fingerprint density at radius 3 is 2.15 bits per heavy atom. The van der Waals surface area contributed by atoms with Crippen LogP contribution in [0.4, 0.5) is 0 Å². The molecule has 2 atom stereocenters. The number of carboxylic acid groups (broad SMARTS) is 1. The first kappa shape index (κ1) is 12.5. The number of aliphatic carboxylic acids is 1. The summed E-state index contributed by atoms with van der Waals surface area (Å²) in [6, 6.07) is 0. The fraction of sp³-hybridized carbons (Fsp3) is 0.700. The quantitative estimate of drug-likeness (QED) is 0.552. The van der Waals surface area contributed by atoms with Gasteiger partial charge in [-0.2, -0.15) is 0 Å². The minimum absolute atomic E-state index is 0.128. The van der Waals surface area contributed by atoms with Gasteiger partial charge in [-0.05, 0) is 19.3 Å². The van der Waals surface area contributed by atoms with Crippen molar-refractivity contribution < 1.29 is 9.90 Å². The van der Waals surface area contributed by atoms with E-state index in [1.54, 1.807) is 6.92 Å². The van der Waals surface area contributed by atoms with Crippen LogP contribution in [0.2, 0.25) is 0 Å². The van der Waals surface area contributed by atoms with Gasteiger partial charge in [-0.15, -0.1) is 11.6 Å². The summed E-state index contributed by atoms with van der Waals surface area (Å²) in [5.41, 5.74) is 0.750. The average molecular weight is 205 g/mol. The maximum absolute atomic E-state index is 10.9. The van der Waals surface area contributed by atoms with Gasteiger partial charge >= 0.3 is 5.97 Å². The van der Waals surface area contributed by atoms with Crippen molar-refractivity contribution in [3.63, 3.8) is 0 Å². The third kappa shape index (κ3) is 4.32. The number of carbonyl (C=O) groups is 1. The molecule has 13 heavy (non-hydrogen) atoms. The molecular weight excluding hydrogens is 188 g/mol. The Bertz CT molecular complexity index is 197. The van der Waals surface area contributed by atoms with Gasteiger partial charge in [0.05, 0.1) is 5.92 Å². The molecule has 0 rings (SSSR count). The van der Waals surface area contributed by atoms with Crippen molar-refractivity contribution in [3.8, 4) is 0 Å². The Morgan fingerprint density at radius 1 is 1.46 bits per heavy atom. The van der Waals surface area contributed by atoms with E-state index in [1.807, 2.05) is 13.8 Å². The van der Waals surface area contributed by atoms with E-state index in [9.17, 15) is 4.79 Å². The lowest BCUT2D eigenvalue weighted by molar-refractivity contribution is -0.140. The molecule has 0 aromatic rings. The minimum atomic E-state index is -0.828. The summed E-state index contributed by atoms with van der Waals surface area (Å²) in [7, 11) is 0. The van der Waals surface area contributed by atoms with Crippen LogP contribution in [0.5, 0.6) is 0 Å². The molecule has 0 aromatic carbocycles. The first-order valence-electron chi connectivity index (χ1n) is 4.41. The Kier molecular flexibility index (Phi) is 5.07. The molecule has 0 bridgehead atoms. The highest BCUT2D eigenvalue weighted by atomic mass is 35.5. The minimum Gasteiger partial charge on any atom is -0.481 e. The fourth-order valence-corrected chi connectivity index (χ4v) is 1.32. The highest BCUT2D eigenvalue weighted by molar-refractivity contribution is 6.20. The molecule has 2 unspecified atom stereocenters. The fourth-order valence-electron chi connectivity index (χ4n) is 1.14. The first-order chi connectivity index (χ1) is 5.86. The van der Waals surface area contributed by atoms with Gasteiger partial charge in [0.1, 0.15) is 0 Å². The summed E-state index contributed by atoms with van der Waals surface area (Å²) in [4.78, 5) is 10.9. The maximum Gasteiger partial charge on any atom is 0.310 e. The molecular formula is C10H17ClO2. The van der Waals surface area contributed by atoms with Crippen molar-refractivity contribution in [2.75, 3.05) is 0 Å². The van der Waals surface area contributed by atoms with Crippen LogP contribution >= 0.6 is 11.6 Å². The largest absolute Gasteiger partial charge is 0.481 e. The van der Waals surface area contributed by atoms with Gasteiger partial charge < -0.3 is 5.11 Å². The Morgan fingerprint density at radius 2 is 1.92 bits per heavy atom. The van der Waals surface area contributed by atoms with E-state index in [1.165, 1.54) is 0 Å². The highest BCUT2D eigenvalue weighted by Crippen LogP contribution is 2.24. The van der Waals surface area contributed by atoms with E-state index in [4.69, 9.17) is 16.7 Å². The van der Waals surface area contributed by atoms with Crippen molar-refractivity contribution in [2.24, 2.45) is 11.8 Å². The zero-order valence-corrected chi connectivity index (χ0v) is 9.14. The Labute approximate surface area is 84.6 Å². The second-order valence-corrected chi connectivity index (χ2v) is 4.38. The average Bonchev–Trinajstić information content (AvgIpc) is 1.97. The molecule has 76 valence electrons. The van der Waals surface area contributed by atoms with Crippen molar-refractivity contribution >= 4 is 17.6 Å². The van der Waals surface area contributed by atoms with E-state index in [2.05, 4.69) is 6.58 Å². The van der Waals surface area contributed by atoms with E-state index in [0.29, 0.717) is 6.42 Å². The van der Waals surface area contributed by atoms with Crippen LogP contribution in [0, 0.1) is 11.8 Å². The zero-order valence-electron chi connectivity index (χ0n) is 8.38. The number of hydrogen-bond acceptors (Lipinski definition) is 1. The van der Waals surface area contributed by atoms with Gasteiger partial charge in [0, 0.05) is 5.38 Å². The predicted octanol–water partition coefficient (Wildman–Crippen LogP) is 2.92. The van der Waals surface area contributed by atoms with Crippen LogP contribution in [0.25, 0.3) is 0 Å². The summed E-state index contributed by atoms with van der Waals surface area (Å²) in [5.74, 6) is -1.14. The third-order valence-electron chi connectivity index (χ3n) is 2.05. The van der Waals surface area contributed by atoms with Gasteiger partial charge in [-0.3, -0.25) is 4.79 Å². The molecule has 0 heterocycles. The molecule has 3 heteroatoms. The lowest BCUT2D eigenvalue weighted by Gasteiger charge is -2.19. The molecule has 2 nitrogen and oxygen atoms in total. The van der Waals surface area contributed by atoms with Crippen LogP contribution in [-0.2, 0) is 4.79 Å². The first-order valence-corrected chi connectivity index (χ1v) is 4.85. The number of alkyl halides is 1. The third-order valence-corrected chi connectivity index (χ3v) is 2.23. The van der Waals surface area contributed by atoms with Crippen LogP contribution in [0.15, 0.2) is 12.2 Å². The van der Waals surface area contributed by atoms with Crippen LogP contribution in [0.3, 0.4) is 0 Å². The standard InChI is InChI=1S/C10H17ClO2/c1-6(2)8(4)9(10(12)13)5-7(3)11/h6-7,9H,4-5H2,1-3H3,(H,12,13). The maximum atomic E-state index is 10.9. The summed E-state index contributed by atoms with van der Waals surface area (Å²) < 4.78 is 0. The molecule has 0 saturated heterocycles. The Hall–Kier alpha value is -0.500. The van der Waals surface area contributed by atoms with Gasteiger partial charge in [0.2, 0.25) is 0 Å². The second-order valence-electron chi connectivity index (χ2n) is 3.64. The smallest absolute Gasteiger partial charge is 0.310 e. The zero-order chi connectivity index (χ0) is 10.6. The lowest BCUT2D eigenvalue weighted by Crippen LogP contribution is -2.21. The van der Waals surface area contributed by atoms with Gasteiger partial charge in [-0.1, -0.05) is 26.0 Å². The van der Waals surface area contributed by atoms with Crippen LogP contribution in [-0.4, -0.2) is 16.5 Å². The van der Waals surface area contributed by atoms with Gasteiger partial charge in [0.25, 0.3) is 0 Å². The van der Waals surface area contributed by atoms with Crippen molar-refractivity contribution in [3.05, 3.63) is 12.2 Å². The molecule has 0 aliphatic heterocycles. The summed E-state index contributed by atoms with van der Waals surface area (Å²) in [5, 5.41) is 8.79. The van der Waals surface area contributed by atoms with E-state index >= 15 is 0 Å². The summed E-state index contributed by atoms with van der Waals surface area (Å²) in [6.45, 7) is 9.47. The van der Waals surface area contributed by atoms with Gasteiger partial charge in [0.15, 0.2) is 0 Å². The molecule has 0 saturated carbocycles. The SMILES string of the molecule is C=C(C(C)C)C(CC(C)Cl)C(=O)O. The second kappa shape index (κ2) is 5.28. The molecule has 0 fully saturated rings. The number of hydrogen-bond donors (Lipinski definition) is 1. The monoisotopic (exact) mass is 204 g/mol. The normalized spacial score (nSPS) is 15.5. The van der Waals surface area contributed by atoms with Crippen LogP contribution < -0.4 is 0 Å². The van der Waals surface area contributed by atoms with E-state index in [-0.39, 0.29) is 11.3 Å². The number of carboxylic acids is 1.